The molecule has 92 valence electrons. The molecule has 0 bridgehead atoms. The third kappa shape index (κ3) is 3.30. The van der Waals surface area contributed by atoms with Crippen molar-refractivity contribution in [3.63, 3.8) is 0 Å². The molecular formula is C14H19NO2. The number of carbonyl (C=O) groups excluding carboxylic acids is 1. The van der Waals surface area contributed by atoms with Gasteiger partial charge in [-0.3, -0.25) is 4.79 Å². The van der Waals surface area contributed by atoms with Crippen molar-refractivity contribution in [2.75, 3.05) is 20.7 Å². The average molecular weight is 233 g/mol. The van der Waals surface area contributed by atoms with Crippen LogP contribution < -0.4 is 0 Å². The lowest BCUT2D eigenvalue weighted by Crippen LogP contribution is -2.24. The number of ether oxygens (including phenoxy) is 1. The van der Waals surface area contributed by atoms with E-state index in [2.05, 4.69) is 12.1 Å². The third-order valence-corrected chi connectivity index (χ3v) is 3.12. The SMILES string of the molecule is CN(C)C(=O)C1CC1COCc1ccccc1. The molecule has 0 spiro atoms. The average Bonchev–Trinajstić information content (AvgIpc) is 3.09. The second-order valence-electron chi connectivity index (χ2n) is 4.84. The van der Waals surface area contributed by atoms with Gasteiger partial charge in [-0.25, -0.2) is 0 Å². The van der Waals surface area contributed by atoms with Crippen molar-refractivity contribution in [1.82, 2.24) is 4.90 Å². The summed E-state index contributed by atoms with van der Waals surface area (Å²) in [6, 6.07) is 10.1. The Morgan fingerprint density at radius 2 is 2.06 bits per heavy atom. The van der Waals surface area contributed by atoms with Gasteiger partial charge in [-0.1, -0.05) is 30.3 Å². The van der Waals surface area contributed by atoms with E-state index in [0.29, 0.717) is 19.1 Å². The molecule has 0 heterocycles. The molecular weight excluding hydrogens is 214 g/mol. The molecule has 1 aliphatic rings. The minimum atomic E-state index is 0.195. The van der Waals surface area contributed by atoms with Gasteiger partial charge < -0.3 is 9.64 Å². The van der Waals surface area contributed by atoms with Gasteiger partial charge in [0.2, 0.25) is 5.91 Å². The van der Waals surface area contributed by atoms with Crippen molar-refractivity contribution in [2.24, 2.45) is 11.8 Å². The Labute approximate surface area is 102 Å². The number of amides is 1. The Bertz CT molecular complexity index is 375. The Morgan fingerprint density at radius 1 is 1.35 bits per heavy atom. The zero-order valence-electron chi connectivity index (χ0n) is 10.4. The Balaban J connectivity index is 1.67. The molecule has 0 aromatic heterocycles. The maximum Gasteiger partial charge on any atom is 0.225 e. The molecule has 0 radical (unpaired) electrons. The number of hydrogen-bond donors (Lipinski definition) is 0. The second-order valence-corrected chi connectivity index (χ2v) is 4.84. The molecule has 3 heteroatoms. The second kappa shape index (κ2) is 5.32. The van der Waals surface area contributed by atoms with Crippen LogP contribution in [0.4, 0.5) is 0 Å². The van der Waals surface area contributed by atoms with Crippen LogP contribution in [-0.4, -0.2) is 31.5 Å². The molecule has 0 saturated heterocycles. The summed E-state index contributed by atoms with van der Waals surface area (Å²) in [7, 11) is 3.62. The number of hydrogen-bond acceptors (Lipinski definition) is 2. The monoisotopic (exact) mass is 233 g/mol. The normalized spacial score (nSPS) is 22.2. The molecule has 1 aromatic rings. The number of rotatable bonds is 5. The molecule has 0 aliphatic heterocycles. The first-order valence-electron chi connectivity index (χ1n) is 6.01. The standard InChI is InChI=1S/C14H19NO2/c1-15(2)14(16)13-8-12(13)10-17-9-11-6-4-3-5-7-11/h3-7,12-13H,8-10H2,1-2H3. The maximum absolute atomic E-state index is 11.6. The highest BCUT2D eigenvalue weighted by molar-refractivity contribution is 5.81. The van der Waals surface area contributed by atoms with E-state index >= 15 is 0 Å². The van der Waals surface area contributed by atoms with Gasteiger partial charge in [0.1, 0.15) is 0 Å². The van der Waals surface area contributed by atoms with Crippen LogP contribution in [0.5, 0.6) is 0 Å². The van der Waals surface area contributed by atoms with Gasteiger partial charge in [0.05, 0.1) is 13.2 Å². The van der Waals surface area contributed by atoms with Crippen LogP contribution in [0.25, 0.3) is 0 Å². The van der Waals surface area contributed by atoms with Gasteiger partial charge in [0.25, 0.3) is 0 Å². The molecule has 1 aliphatic carbocycles. The highest BCUT2D eigenvalue weighted by Gasteiger charge is 2.43. The Morgan fingerprint density at radius 3 is 2.71 bits per heavy atom. The minimum absolute atomic E-state index is 0.195. The van der Waals surface area contributed by atoms with Gasteiger partial charge in [-0.2, -0.15) is 0 Å². The number of carbonyl (C=O) groups is 1. The molecule has 1 saturated carbocycles. The molecule has 1 amide bonds. The summed E-state index contributed by atoms with van der Waals surface area (Å²) in [4.78, 5) is 13.3. The first-order chi connectivity index (χ1) is 8.18. The van der Waals surface area contributed by atoms with Gasteiger partial charge in [0, 0.05) is 20.0 Å². The van der Waals surface area contributed by atoms with Gasteiger partial charge in [0.15, 0.2) is 0 Å². The summed E-state index contributed by atoms with van der Waals surface area (Å²) in [5.41, 5.74) is 1.18. The van der Waals surface area contributed by atoms with Crippen LogP contribution in [0.15, 0.2) is 30.3 Å². The summed E-state index contributed by atoms with van der Waals surface area (Å²) < 4.78 is 5.63. The van der Waals surface area contributed by atoms with E-state index in [1.807, 2.05) is 32.3 Å². The molecule has 3 nitrogen and oxygen atoms in total. The summed E-state index contributed by atoms with van der Waals surface area (Å²) in [6.07, 6.45) is 0.978. The fourth-order valence-corrected chi connectivity index (χ4v) is 1.97. The molecule has 2 rings (SSSR count). The van der Waals surface area contributed by atoms with Gasteiger partial charge >= 0.3 is 0 Å². The Kier molecular flexibility index (Phi) is 3.79. The highest BCUT2D eigenvalue weighted by atomic mass is 16.5. The van der Waals surface area contributed by atoms with Crippen molar-refractivity contribution in [3.8, 4) is 0 Å². The summed E-state index contributed by atoms with van der Waals surface area (Å²) in [6.45, 7) is 1.33. The third-order valence-electron chi connectivity index (χ3n) is 3.12. The minimum Gasteiger partial charge on any atom is -0.376 e. The fourth-order valence-electron chi connectivity index (χ4n) is 1.97. The van der Waals surface area contributed by atoms with Crippen molar-refractivity contribution >= 4 is 5.91 Å². The van der Waals surface area contributed by atoms with E-state index in [1.165, 1.54) is 5.56 Å². The first-order valence-corrected chi connectivity index (χ1v) is 6.01. The van der Waals surface area contributed by atoms with E-state index in [-0.39, 0.29) is 11.8 Å². The topological polar surface area (TPSA) is 29.5 Å². The van der Waals surface area contributed by atoms with Crippen molar-refractivity contribution < 1.29 is 9.53 Å². The fraction of sp³-hybridized carbons (Fsp3) is 0.500. The molecule has 1 fully saturated rings. The lowest BCUT2D eigenvalue weighted by molar-refractivity contribution is -0.130. The van der Waals surface area contributed by atoms with E-state index in [1.54, 1.807) is 4.90 Å². The number of nitrogens with zero attached hydrogens (tertiary/aromatic N) is 1. The van der Waals surface area contributed by atoms with Gasteiger partial charge in [-0.05, 0) is 17.9 Å². The van der Waals surface area contributed by atoms with Crippen LogP contribution in [0.2, 0.25) is 0 Å². The smallest absolute Gasteiger partial charge is 0.225 e. The molecule has 2 unspecified atom stereocenters. The quantitative estimate of drug-likeness (QED) is 0.777. The lowest BCUT2D eigenvalue weighted by atomic mass is 10.2. The highest BCUT2D eigenvalue weighted by Crippen LogP contribution is 2.39. The first kappa shape index (κ1) is 12.1. The van der Waals surface area contributed by atoms with Crippen LogP contribution in [0.3, 0.4) is 0 Å². The summed E-state index contributed by atoms with van der Waals surface area (Å²) >= 11 is 0. The van der Waals surface area contributed by atoms with E-state index in [0.717, 1.165) is 6.42 Å². The zero-order chi connectivity index (χ0) is 12.3. The van der Waals surface area contributed by atoms with E-state index in [4.69, 9.17) is 4.74 Å². The maximum atomic E-state index is 11.6. The van der Waals surface area contributed by atoms with Crippen LogP contribution in [-0.2, 0) is 16.1 Å². The Hall–Kier alpha value is -1.35. The summed E-state index contributed by atoms with van der Waals surface area (Å²) in [5.74, 6) is 0.854. The number of benzene rings is 1. The van der Waals surface area contributed by atoms with Gasteiger partial charge in [-0.15, -0.1) is 0 Å². The predicted octanol–water partition coefficient (Wildman–Crippen LogP) is 1.93. The molecule has 0 N–H and O–H groups in total. The molecule has 2 atom stereocenters. The predicted molar refractivity (Wildman–Crippen MR) is 66.4 cm³/mol. The summed E-state index contributed by atoms with van der Waals surface area (Å²) in [5, 5.41) is 0. The van der Waals surface area contributed by atoms with Crippen molar-refractivity contribution in [3.05, 3.63) is 35.9 Å². The lowest BCUT2D eigenvalue weighted by Gasteiger charge is -2.09. The molecule has 17 heavy (non-hydrogen) atoms. The van der Waals surface area contributed by atoms with Crippen molar-refractivity contribution in [2.45, 2.75) is 13.0 Å². The largest absolute Gasteiger partial charge is 0.376 e. The van der Waals surface area contributed by atoms with E-state index < -0.39 is 0 Å². The zero-order valence-corrected chi connectivity index (χ0v) is 10.4. The van der Waals surface area contributed by atoms with E-state index in [9.17, 15) is 4.79 Å². The van der Waals surface area contributed by atoms with Crippen LogP contribution in [0.1, 0.15) is 12.0 Å². The molecule has 1 aromatic carbocycles. The van der Waals surface area contributed by atoms with Crippen molar-refractivity contribution in [1.29, 1.82) is 0 Å². The van der Waals surface area contributed by atoms with Crippen LogP contribution in [0, 0.1) is 11.8 Å². The van der Waals surface area contributed by atoms with Crippen LogP contribution >= 0.6 is 0 Å².